The number of carboxylic acids is 1. The van der Waals surface area contributed by atoms with Crippen LogP contribution in [0.3, 0.4) is 0 Å². The van der Waals surface area contributed by atoms with E-state index in [9.17, 15) is 13.2 Å². The minimum Gasteiger partial charge on any atom is -0.475 e. The topological polar surface area (TPSA) is 83.3 Å². The molecule has 1 aliphatic heterocycles. The van der Waals surface area contributed by atoms with Gasteiger partial charge in [0.25, 0.3) is 0 Å². The lowest BCUT2D eigenvalue weighted by molar-refractivity contribution is -0.192. The number of carbonyl (C=O) groups is 1. The fraction of sp³-hybridized carbons (Fsp3) is 0.571. The zero-order chi connectivity index (χ0) is 22.4. The van der Waals surface area contributed by atoms with E-state index in [-0.39, 0.29) is 0 Å². The van der Waals surface area contributed by atoms with Crippen LogP contribution in [0.2, 0.25) is 0 Å². The standard InChI is InChI=1S/C19H27N5.C2HF3O2/c1-23-11-15(9-22-23)12-24-13-17-4-2-3-16(19(17)14-24)10-21-18-5-7-20-8-6-18;3-2(4,5)1(6)7/h5-9,11,16-17,19H,2-4,10,12-14H2,1H3,(H,20,21);(H,6,7)/t16-,17+,19+;/m0./s1. The second kappa shape index (κ2) is 10.1. The van der Waals surface area contributed by atoms with E-state index in [1.54, 1.807) is 0 Å². The summed E-state index contributed by atoms with van der Waals surface area (Å²) in [7, 11) is 1.99. The van der Waals surface area contributed by atoms with Crippen LogP contribution in [0.5, 0.6) is 0 Å². The Morgan fingerprint density at radius 2 is 1.97 bits per heavy atom. The number of aliphatic carboxylic acids is 1. The highest BCUT2D eigenvalue weighted by molar-refractivity contribution is 5.73. The van der Waals surface area contributed by atoms with Crippen molar-refractivity contribution in [1.29, 1.82) is 0 Å². The van der Waals surface area contributed by atoms with Crippen molar-refractivity contribution >= 4 is 11.7 Å². The molecule has 2 fully saturated rings. The fourth-order valence-corrected chi connectivity index (χ4v) is 4.60. The predicted molar refractivity (Wildman–Crippen MR) is 109 cm³/mol. The van der Waals surface area contributed by atoms with Gasteiger partial charge in [-0.1, -0.05) is 6.42 Å². The Bertz CT molecular complexity index is 843. The SMILES string of the molecule is Cn1cc(CN2C[C@H]3CCC[C@@H](CNc4ccncc4)[C@H]3C2)cn1.O=C(O)C(F)(F)F. The quantitative estimate of drug-likeness (QED) is 0.743. The van der Waals surface area contributed by atoms with Crippen molar-refractivity contribution in [3.63, 3.8) is 0 Å². The van der Waals surface area contributed by atoms with Crippen LogP contribution < -0.4 is 5.32 Å². The van der Waals surface area contributed by atoms with E-state index in [1.165, 1.54) is 43.6 Å². The maximum absolute atomic E-state index is 10.6. The van der Waals surface area contributed by atoms with Crippen molar-refractivity contribution in [3.8, 4) is 0 Å². The summed E-state index contributed by atoms with van der Waals surface area (Å²) in [5.41, 5.74) is 2.53. The molecule has 0 amide bonds. The number of fused-ring (bicyclic) bond motifs is 1. The van der Waals surface area contributed by atoms with E-state index in [1.807, 2.05) is 30.3 Å². The summed E-state index contributed by atoms with van der Waals surface area (Å²) in [6, 6.07) is 4.12. The third kappa shape index (κ3) is 6.68. The Hall–Kier alpha value is -2.62. The van der Waals surface area contributed by atoms with Gasteiger partial charge in [-0.25, -0.2) is 4.79 Å². The summed E-state index contributed by atoms with van der Waals surface area (Å²) >= 11 is 0. The normalized spacial score (nSPS) is 23.5. The highest BCUT2D eigenvalue weighted by atomic mass is 19.4. The molecule has 2 aliphatic rings. The molecule has 170 valence electrons. The second-order valence-electron chi connectivity index (χ2n) is 8.25. The Kier molecular flexibility index (Phi) is 7.53. The molecule has 3 atom stereocenters. The van der Waals surface area contributed by atoms with Gasteiger partial charge >= 0.3 is 12.1 Å². The first-order chi connectivity index (χ1) is 14.7. The number of aryl methyl sites for hydroxylation is 1. The molecule has 0 spiro atoms. The van der Waals surface area contributed by atoms with Crippen LogP contribution in [0.15, 0.2) is 36.9 Å². The highest BCUT2D eigenvalue weighted by Crippen LogP contribution is 2.40. The molecule has 0 radical (unpaired) electrons. The van der Waals surface area contributed by atoms with Gasteiger partial charge < -0.3 is 10.4 Å². The largest absolute Gasteiger partial charge is 0.490 e. The molecular weight excluding hydrogens is 411 g/mol. The van der Waals surface area contributed by atoms with Gasteiger partial charge in [-0.3, -0.25) is 14.6 Å². The van der Waals surface area contributed by atoms with Gasteiger partial charge in [0.05, 0.1) is 6.20 Å². The maximum Gasteiger partial charge on any atom is 0.490 e. The molecule has 1 aliphatic carbocycles. The summed E-state index contributed by atoms with van der Waals surface area (Å²) in [5.74, 6) is -0.257. The number of rotatable bonds is 5. The Balaban J connectivity index is 0.000000339. The van der Waals surface area contributed by atoms with E-state index in [0.717, 1.165) is 30.8 Å². The number of anilines is 1. The van der Waals surface area contributed by atoms with Crippen LogP contribution in [0, 0.1) is 17.8 Å². The fourth-order valence-electron chi connectivity index (χ4n) is 4.60. The molecule has 4 rings (SSSR count). The zero-order valence-electron chi connectivity index (χ0n) is 17.4. The number of carboxylic acid groups (broad SMARTS) is 1. The molecule has 31 heavy (non-hydrogen) atoms. The minimum atomic E-state index is -5.08. The summed E-state index contributed by atoms with van der Waals surface area (Å²) < 4.78 is 33.6. The van der Waals surface area contributed by atoms with E-state index < -0.39 is 12.1 Å². The number of hydrogen-bond acceptors (Lipinski definition) is 5. The van der Waals surface area contributed by atoms with Gasteiger partial charge in [0, 0.05) is 63.1 Å². The van der Waals surface area contributed by atoms with Crippen molar-refractivity contribution in [2.45, 2.75) is 32.0 Å². The molecule has 3 heterocycles. The third-order valence-corrected chi connectivity index (χ3v) is 5.98. The van der Waals surface area contributed by atoms with Gasteiger partial charge in [-0.2, -0.15) is 18.3 Å². The lowest BCUT2D eigenvalue weighted by Crippen LogP contribution is -2.32. The molecule has 1 saturated heterocycles. The predicted octanol–water partition coefficient (Wildman–Crippen LogP) is 3.41. The number of pyridine rings is 1. The number of alkyl halides is 3. The lowest BCUT2D eigenvalue weighted by Gasteiger charge is -2.33. The number of nitrogens with one attached hydrogen (secondary N) is 1. The summed E-state index contributed by atoms with van der Waals surface area (Å²) in [6.45, 7) is 4.63. The average molecular weight is 439 g/mol. The molecule has 0 unspecified atom stereocenters. The molecular formula is C21H28F3N5O2. The first-order valence-corrected chi connectivity index (χ1v) is 10.4. The number of aromatic nitrogens is 3. The number of halogens is 3. The Labute approximate surface area is 179 Å². The van der Waals surface area contributed by atoms with Crippen molar-refractivity contribution in [1.82, 2.24) is 19.7 Å². The first kappa shape index (κ1) is 23.1. The van der Waals surface area contributed by atoms with Gasteiger partial charge in [0.2, 0.25) is 0 Å². The second-order valence-corrected chi connectivity index (χ2v) is 8.25. The lowest BCUT2D eigenvalue weighted by atomic mass is 9.74. The van der Waals surface area contributed by atoms with Crippen LogP contribution in [0.4, 0.5) is 18.9 Å². The van der Waals surface area contributed by atoms with Gasteiger partial charge in [0.1, 0.15) is 0 Å². The van der Waals surface area contributed by atoms with E-state index in [4.69, 9.17) is 9.90 Å². The van der Waals surface area contributed by atoms with Crippen LogP contribution >= 0.6 is 0 Å². The summed E-state index contributed by atoms with van der Waals surface area (Å²) in [4.78, 5) is 15.6. The molecule has 0 aromatic carbocycles. The van der Waals surface area contributed by atoms with Gasteiger partial charge in [0.15, 0.2) is 0 Å². The van der Waals surface area contributed by atoms with E-state index >= 15 is 0 Å². The molecule has 2 aromatic heterocycles. The number of hydrogen-bond donors (Lipinski definition) is 2. The monoisotopic (exact) mass is 439 g/mol. The molecule has 7 nitrogen and oxygen atoms in total. The molecule has 2 aromatic rings. The number of likely N-dealkylation sites (tertiary alicyclic amines) is 1. The smallest absolute Gasteiger partial charge is 0.475 e. The summed E-state index contributed by atoms with van der Waals surface area (Å²) in [6.07, 6.45) is 6.92. The van der Waals surface area contributed by atoms with Crippen molar-refractivity contribution in [2.75, 3.05) is 25.0 Å². The third-order valence-electron chi connectivity index (χ3n) is 5.98. The molecule has 10 heteroatoms. The van der Waals surface area contributed by atoms with Crippen molar-refractivity contribution < 1.29 is 23.1 Å². The van der Waals surface area contributed by atoms with E-state index in [2.05, 4.69) is 38.6 Å². The van der Waals surface area contributed by atoms with Crippen molar-refractivity contribution in [2.24, 2.45) is 24.8 Å². The molecule has 1 saturated carbocycles. The maximum atomic E-state index is 10.6. The van der Waals surface area contributed by atoms with Crippen LogP contribution in [-0.4, -0.2) is 56.6 Å². The van der Waals surface area contributed by atoms with E-state index in [0.29, 0.717) is 0 Å². The zero-order valence-corrected chi connectivity index (χ0v) is 17.4. The van der Waals surface area contributed by atoms with Crippen LogP contribution in [0.1, 0.15) is 24.8 Å². The minimum absolute atomic E-state index is 0.788. The Morgan fingerprint density at radius 3 is 2.58 bits per heavy atom. The van der Waals surface area contributed by atoms with Gasteiger partial charge in [-0.05, 0) is 42.7 Å². The molecule has 2 N–H and O–H groups in total. The average Bonchev–Trinajstić information content (AvgIpc) is 3.32. The number of nitrogens with zero attached hydrogens (tertiary/aromatic N) is 4. The highest BCUT2D eigenvalue weighted by Gasteiger charge is 2.40. The van der Waals surface area contributed by atoms with Crippen molar-refractivity contribution in [3.05, 3.63) is 42.5 Å². The molecule has 0 bridgehead atoms. The van der Waals surface area contributed by atoms with Crippen LogP contribution in [0.25, 0.3) is 0 Å². The van der Waals surface area contributed by atoms with Crippen LogP contribution in [-0.2, 0) is 18.4 Å². The first-order valence-electron chi connectivity index (χ1n) is 10.4. The summed E-state index contributed by atoms with van der Waals surface area (Å²) in [5, 5.41) is 15.1. The van der Waals surface area contributed by atoms with Gasteiger partial charge in [-0.15, -0.1) is 0 Å². The Morgan fingerprint density at radius 1 is 1.26 bits per heavy atom.